The zero-order chi connectivity index (χ0) is 19.2. The third kappa shape index (κ3) is 5.68. The van der Waals surface area contributed by atoms with Gasteiger partial charge in [0, 0.05) is 44.0 Å². The van der Waals surface area contributed by atoms with Gasteiger partial charge >= 0.3 is 0 Å². The fourth-order valence-corrected chi connectivity index (χ4v) is 3.28. The molecule has 3 aromatic rings. The Balaban J connectivity index is 0.00000280. The number of thiazole rings is 1. The minimum Gasteiger partial charge on any atom is -0.357 e. The average Bonchev–Trinajstić information content (AvgIpc) is 3.25. The van der Waals surface area contributed by atoms with Crippen LogP contribution in [-0.4, -0.2) is 46.8 Å². The van der Waals surface area contributed by atoms with Crippen LogP contribution in [-0.2, 0) is 13.1 Å². The lowest BCUT2D eigenvalue weighted by atomic mass is 10.1. The van der Waals surface area contributed by atoms with Crippen LogP contribution in [0.25, 0.3) is 4.96 Å². The van der Waals surface area contributed by atoms with Gasteiger partial charge in [0.1, 0.15) is 0 Å². The van der Waals surface area contributed by atoms with E-state index in [9.17, 15) is 4.79 Å². The van der Waals surface area contributed by atoms with E-state index in [1.54, 1.807) is 30.3 Å². The second-order valence-corrected chi connectivity index (χ2v) is 7.14. The van der Waals surface area contributed by atoms with Crippen LogP contribution in [0.5, 0.6) is 0 Å². The molecule has 0 spiro atoms. The maximum atomic E-state index is 11.9. The molecule has 9 heteroatoms. The summed E-state index contributed by atoms with van der Waals surface area (Å²) in [4.78, 5) is 23.7. The first-order valence-corrected chi connectivity index (χ1v) is 9.68. The molecule has 1 amide bonds. The Bertz CT molecular complexity index is 903. The lowest BCUT2D eigenvalue weighted by Gasteiger charge is -2.11. The maximum absolute atomic E-state index is 11.9. The number of amides is 1. The predicted molar refractivity (Wildman–Crippen MR) is 125 cm³/mol. The Kier molecular flexibility index (Phi) is 8.24. The summed E-state index contributed by atoms with van der Waals surface area (Å²) >= 11 is 1.62. The molecule has 0 saturated carbocycles. The molecule has 7 nitrogen and oxygen atoms in total. The van der Waals surface area contributed by atoms with Gasteiger partial charge in [0.25, 0.3) is 5.91 Å². The van der Waals surface area contributed by atoms with Crippen molar-refractivity contribution in [3.63, 3.8) is 0 Å². The molecule has 3 rings (SSSR count). The van der Waals surface area contributed by atoms with Gasteiger partial charge in [-0.25, -0.2) is 9.98 Å². The van der Waals surface area contributed by atoms with Gasteiger partial charge in [0.05, 0.1) is 18.8 Å². The molecule has 0 aliphatic heterocycles. The highest BCUT2D eigenvalue weighted by Crippen LogP contribution is 2.11. The monoisotopic (exact) mass is 512 g/mol. The number of nitrogens with zero attached hydrogens (tertiary/aromatic N) is 4. The Morgan fingerprint density at radius 2 is 2.00 bits per heavy atom. The van der Waals surface area contributed by atoms with Gasteiger partial charge in [-0.2, -0.15) is 0 Å². The fourth-order valence-electron chi connectivity index (χ4n) is 2.56. The average molecular weight is 512 g/mol. The number of fused-ring (bicyclic) bond motifs is 1. The van der Waals surface area contributed by atoms with Gasteiger partial charge in [-0.1, -0.05) is 12.1 Å². The molecule has 150 valence electrons. The van der Waals surface area contributed by atoms with E-state index >= 15 is 0 Å². The lowest BCUT2D eigenvalue weighted by Crippen LogP contribution is -2.36. The summed E-state index contributed by atoms with van der Waals surface area (Å²) in [6.45, 7) is 3.95. The zero-order valence-electron chi connectivity index (χ0n) is 16.2. The van der Waals surface area contributed by atoms with E-state index in [-0.39, 0.29) is 29.9 Å². The van der Waals surface area contributed by atoms with Crippen LogP contribution in [0.1, 0.15) is 28.5 Å². The summed E-state index contributed by atoms with van der Waals surface area (Å²) < 4.78 is 2.02. The quantitative estimate of drug-likeness (QED) is 0.303. The van der Waals surface area contributed by atoms with E-state index in [1.807, 2.05) is 53.4 Å². The standard InChI is InChI=1S/C19H24N6OS.HI/c1-4-20-18(22-12-16-13-25-9-10-27-19(25)23-16)21-11-14-5-7-15(8-6-14)17(26)24(2)3;/h5-10,13H,4,11-12H2,1-3H3,(H2,20,21,22);1H. The summed E-state index contributed by atoms with van der Waals surface area (Å²) in [6, 6.07) is 7.55. The molecule has 2 N–H and O–H groups in total. The number of rotatable bonds is 6. The van der Waals surface area contributed by atoms with Crippen molar-refractivity contribution < 1.29 is 4.79 Å². The summed E-state index contributed by atoms with van der Waals surface area (Å²) in [5.41, 5.74) is 2.70. The van der Waals surface area contributed by atoms with E-state index < -0.39 is 0 Å². The minimum atomic E-state index is 0. The second-order valence-electron chi connectivity index (χ2n) is 6.27. The molecule has 0 saturated heterocycles. The summed E-state index contributed by atoms with van der Waals surface area (Å²) in [7, 11) is 3.50. The first kappa shape index (κ1) is 22.2. The topological polar surface area (TPSA) is 74.0 Å². The highest BCUT2D eigenvalue weighted by Gasteiger charge is 2.07. The lowest BCUT2D eigenvalue weighted by molar-refractivity contribution is 0.0827. The van der Waals surface area contributed by atoms with E-state index in [4.69, 9.17) is 0 Å². The van der Waals surface area contributed by atoms with Crippen molar-refractivity contribution in [1.29, 1.82) is 0 Å². The smallest absolute Gasteiger partial charge is 0.253 e. The summed E-state index contributed by atoms with van der Waals surface area (Å²) in [5.74, 6) is 0.738. The number of benzene rings is 1. The summed E-state index contributed by atoms with van der Waals surface area (Å²) in [6.07, 6.45) is 4.02. The van der Waals surface area contributed by atoms with Gasteiger partial charge in [0.15, 0.2) is 10.9 Å². The largest absolute Gasteiger partial charge is 0.357 e. The van der Waals surface area contributed by atoms with Gasteiger partial charge < -0.3 is 15.5 Å². The fraction of sp³-hybridized carbons (Fsp3) is 0.316. The molecule has 0 aliphatic rings. The van der Waals surface area contributed by atoms with Crippen molar-refractivity contribution in [1.82, 2.24) is 24.9 Å². The molecule has 0 unspecified atom stereocenters. The first-order valence-electron chi connectivity index (χ1n) is 8.80. The Morgan fingerprint density at radius 3 is 2.64 bits per heavy atom. The van der Waals surface area contributed by atoms with Crippen LogP contribution in [0.4, 0.5) is 0 Å². The number of nitrogens with one attached hydrogen (secondary N) is 2. The highest BCUT2D eigenvalue weighted by atomic mass is 127. The van der Waals surface area contributed by atoms with Crippen molar-refractivity contribution in [2.24, 2.45) is 4.99 Å². The molecular formula is C19H25IN6OS. The zero-order valence-corrected chi connectivity index (χ0v) is 19.3. The number of hydrogen-bond donors (Lipinski definition) is 2. The van der Waals surface area contributed by atoms with Gasteiger partial charge in [-0.15, -0.1) is 35.3 Å². The Morgan fingerprint density at radius 1 is 1.25 bits per heavy atom. The highest BCUT2D eigenvalue weighted by molar-refractivity contribution is 14.0. The molecule has 0 radical (unpaired) electrons. The number of halogens is 1. The number of carbonyl (C=O) groups is 1. The Hall–Kier alpha value is -2.14. The molecule has 0 bridgehead atoms. The molecule has 0 fully saturated rings. The number of hydrogen-bond acceptors (Lipinski definition) is 4. The molecule has 28 heavy (non-hydrogen) atoms. The third-order valence-electron chi connectivity index (χ3n) is 3.95. The molecule has 2 heterocycles. The first-order chi connectivity index (χ1) is 13.1. The van der Waals surface area contributed by atoms with Crippen molar-refractivity contribution in [3.8, 4) is 0 Å². The number of aromatic nitrogens is 2. The second kappa shape index (κ2) is 10.4. The van der Waals surface area contributed by atoms with Crippen molar-refractivity contribution >= 4 is 52.1 Å². The molecule has 1 aromatic carbocycles. The van der Waals surface area contributed by atoms with Crippen LogP contribution in [0, 0.1) is 0 Å². The molecular weight excluding hydrogens is 487 g/mol. The van der Waals surface area contributed by atoms with Gasteiger partial charge in [-0.05, 0) is 24.6 Å². The van der Waals surface area contributed by atoms with E-state index in [0.717, 1.165) is 28.7 Å². The number of imidazole rings is 1. The van der Waals surface area contributed by atoms with Crippen LogP contribution in [0.15, 0.2) is 47.0 Å². The normalized spacial score (nSPS) is 11.2. The van der Waals surface area contributed by atoms with Crippen LogP contribution < -0.4 is 10.6 Å². The van der Waals surface area contributed by atoms with Crippen molar-refractivity contribution in [3.05, 3.63) is 58.9 Å². The van der Waals surface area contributed by atoms with E-state index in [1.165, 1.54) is 0 Å². The number of aliphatic imine (C=N–C) groups is 1. The van der Waals surface area contributed by atoms with Crippen molar-refractivity contribution in [2.75, 3.05) is 20.6 Å². The number of carbonyl (C=O) groups excluding carboxylic acids is 1. The predicted octanol–water partition coefficient (Wildman–Crippen LogP) is 2.97. The van der Waals surface area contributed by atoms with Crippen LogP contribution >= 0.6 is 35.3 Å². The Labute approximate surface area is 185 Å². The van der Waals surface area contributed by atoms with Crippen molar-refractivity contribution in [2.45, 2.75) is 20.0 Å². The SMILES string of the molecule is CCNC(=NCc1ccc(C(=O)N(C)C)cc1)NCc1cn2ccsc2n1.I. The van der Waals surface area contributed by atoms with Gasteiger partial charge in [-0.3, -0.25) is 9.20 Å². The van der Waals surface area contributed by atoms with Crippen LogP contribution in [0.2, 0.25) is 0 Å². The van der Waals surface area contributed by atoms with Gasteiger partial charge in [0.2, 0.25) is 0 Å². The van der Waals surface area contributed by atoms with Crippen LogP contribution in [0.3, 0.4) is 0 Å². The molecule has 2 aromatic heterocycles. The molecule has 0 aliphatic carbocycles. The third-order valence-corrected chi connectivity index (χ3v) is 4.72. The van der Waals surface area contributed by atoms with E-state index in [0.29, 0.717) is 18.7 Å². The summed E-state index contributed by atoms with van der Waals surface area (Å²) in [5, 5.41) is 8.57. The number of guanidine groups is 1. The minimum absolute atomic E-state index is 0. The maximum Gasteiger partial charge on any atom is 0.253 e. The van der Waals surface area contributed by atoms with E-state index in [2.05, 4.69) is 20.6 Å². The molecule has 0 atom stereocenters.